The number of rotatable bonds is 7. The largest absolute Gasteiger partial charge is 0.475 e. The molecule has 1 aliphatic rings. The number of aldehydes is 1. The fourth-order valence-corrected chi connectivity index (χ4v) is 1.71. The molecule has 0 aromatic carbocycles. The number of aliphatic carboxylic acids is 1. The Bertz CT molecular complexity index is 434. The molecule has 126 valence electrons. The first kappa shape index (κ1) is 18.5. The molecule has 0 fully saturated rings. The molecule has 0 aliphatic carbocycles. The van der Waals surface area contributed by atoms with E-state index in [0.29, 0.717) is 0 Å². The van der Waals surface area contributed by atoms with Gasteiger partial charge in [0.05, 0.1) is 6.10 Å². The number of hydrogen-bond donors (Lipinski definition) is 6. The molecule has 1 rings (SSSR count). The van der Waals surface area contributed by atoms with Gasteiger partial charge in [0, 0.05) is 0 Å². The first-order valence-electron chi connectivity index (χ1n) is 6.32. The zero-order chi connectivity index (χ0) is 17.0. The molecule has 0 aromatic rings. The lowest BCUT2D eigenvalue weighted by atomic mass is 10.0. The van der Waals surface area contributed by atoms with Crippen LogP contribution in [0.1, 0.15) is 6.92 Å². The Morgan fingerprint density at radius 1 is 1.32 bits per heavy atom. The maximum absolute atomic E-state index is 10.9. The Morgan fingerprint density at radius 2 is 1.91 bits per heavy atom. The van der Waals surface area contributed by atoms with E-state index >= 15 is 0 Å². The molecule has 0 spiro atoms. The molecule has 1 aliphatic heterocycles. The highest BCUT2D eigenvalue weighted by molar-refractivity contribution is 5.84. The molecule has 0 saturated carbocycles. The van der Waals surface area contributed by atoms with E-state index in [1.807, 2.05) is 0 Å². The molecule has 0 saturated heterocycles. The first-order chi connectivity index (χ1) is 10.2. The summed E-state index contributed by atoms with van der Waals surface area (Å²) in [5.74, 6) is -2.25. The molecule has 6 N–H and O–H groups in total. The molecule has 0 aromatic heterocycles. The van der Waals surface area contributed by atoms with Gasteiger partial charge >= 0.3 is 5.97 Å². The third-order valence-electron chi connectivity index (χ3n) is 3.01. The molecular weight excluding hydrogens is 304 g/mol. The number of carboxylic acids is 1. The standard InChI is InChI=1S/C12H18O10/c1-4(14)8(16)10(18)7(3-13)22-12-9(17)5(15)2-6(21-12)11(19)20/h2-5,7-10,12,14-18H,1H3,(H,19,20). The number of carbonyl (C=O) groups is 2. The van der Waals surface area contributed by atoms with Crippen LogP contribution in [0.5, 0.6) is 0 Å². The Labute approximate surface area is 124 Å². The quantitative estimate of drug-likeness (QED) is 0.261. The molecule has 7 atom stereocenters. The van der Waals surface area contributed by atoms with Crippen molar-refractivity contribution in [3.63, 3.8) is 0 Å². The summed E-state index contributed by atoms with van der Waals surface area (Å²) < 4.78 is 9.68. The lowest BCUT2D eigenvalue weighted by Crippen LogP contribution is -2.51. The van der Waals surface area contributed by atoms with Gasteiger partial charge in [-0.1, -0.05) is 0 Å². The highest BCUT2D eigenvalue weighted by atomic mass is 16.7. The van der Waals surface area contributed by atoms with Crippen LogP contribution < -0.4 is 0 Å². The summed E-state index contributed by atoms with van der Waals surface area (Å²) in [4.78, 5) is 21.7. The molecule has 10 heteroatoms. The van der Waals surface area contributed by atoms with Crippen LogP contribution in [0.3, 0.4) is 0 Å². The van der Waals surface area contributed by atoms with Crippen LogP contribution in [0, 0.1) is 0 Å². The van der Waals surface area contributed by atoms with E-state index in [1.54, 1.807) is 0 Å². The normalized spacial score (nSPS) is 30.5. The van der Waals surface area contributed by atoms with Crippen molar-refractivity contribution >= 4 is 12.3 Å². The van der Waals surface area contributed by atoms with Crippen LogP contribution in [0.4, 0.5) is 0 Å². The summed E-state index contributed by atoms with van der Waals surface area (Å²) in [6.45, 7) is 1.16. The summed E-state index contributed by atoms with van der Waals surface area (Å²) in [7, 11) is 0. The van der Waals surface area contributed by atoms with E-state index < -0.39 is 54.6 Å². The van der Waals surface area contributed by atoms with Crippen molar-refractivity contribution in [3.05, 3.63) is 11.8 Å². The monoisotopic (exact) mass is 322 g/mol. The Balaban J connectivity index is 2.84. The zero-order valence-electron chi connectivity index (χ0n) is 11.5. The Morgan fingerprint density at radius 3 is 2.36 bits per heavy atom. The average Bonchev–Trinajstić information content (AvgIpc) is 2.46. The van der Waals surface area contributed by atoms with E-state index in [0.717, 1.165) is 13.0 Å². The third-order valence-corrected chi connectivity index (χ3v) is 3.01. The second-order valence-electron chi connectivity index (χ2n) is 4.76. The van der Waals surface area contributed by atoms with Crippen molar-refractivity contribution in [2.45, 2.75) is 49.8 Å². The van der Waals surface area contributed by atoms with E-state index in [2.05, 4.69) is 0 Å². The van der Waals surface area contributed by atoms with E-state index in [-0.39, 0.29) is 6.29 Å². The summed E-state index contributed by atoms with van der Waals surface area (Å²) >= 11 is 0. The topological polar surface area (TPSA) is 174 Å². The van der Waals surface area contributed by atoms with Crippen LogP contribution in [-0.2, 0) is 19.1 Å². The van der Waals surface area contributed by atoms with Crippen molar-refractivity contribution in [2.75, 3.05) is 0 Å². The number of hydrogen-bond acceptors (Lipinski definition) is 9. The highest BCUT2D eigenvalue weighted by Gasteiger charge is 2.40. The van der Waals surface area contributed by atoms with Crippen LogP contribution in [0.2, 0.25) is 0 Å². The Hall–Kier alpha value is -1.56. The number of ether oxygens (including phenoxy) is 2. The van der Waals surface area contributed by atoms with Gasteiger partial charge in [-0.2, -0.15) is 0 Å². The molecule has 0 bridgehead atoms. The predicted molar refractivity (Wildman–Crippen MR) is 67.2 cm³/mol. The van der Waals surface area contributed by atoms with Crippen LogP contribution in [-0.4, -0.2) is 85.8 Å². The molecule has 7 unspecified atom stereocenters. The summed E-state index contributed by atoms with van der Waals surface area (Å²) in [5, 5.41) is 56.3. The fraction of sp³-hybridized carbons (Fsp3) is 0.667. The molecular formula is C12H18O10. The average molecular weight is 322 g/mol. The number of carboxylic acid groups (broad SMARTS) is 1. The van der Waals surface area contributed by atoms with E-state index in [4.69, 9.17) is 19.7 Å². The Kier molecular flexibility index (Phi) is 6.41. The van der Waals surface area contributed by atoms with Crippen LogP contribution in [0.25, 0.3) is 0 Å². The van der Waals surface area contributed by atoms with Crippen LogP contribution >= 0.6 is 0 Å². The van der Waals surface area contributed by atoms with Gasteiger partial charge in [-0.25, -0.2) is 4.79 Å². The van der Waals surface area contributed by atoms with Gasteiger partial charge in [-0.05, 0) is 13.0 Å². The van der Waals surface area contributed by atoms with E-state index in [1.165, 1.54) is 0 Å². The van der Waals surface area contributed by atoms with Crippen molar-refractivity contribution in [3.8, 4) is 0 Å². The van der Waals surface area contributed by atoms with Crippen molar-refractivity contribution in [2.24, 2.45) is 0 Å². The SMILES string of the molecule is CC(O)C(O)C(O)C(C=O)OC1OC(C(=O)O)=CC(O)C1O. The molecule has 22 heavy (non-hydrogen) atoms. The van der Waals surface area contributed by atoms with Gasteiger partial charge in [-0.15, -0.1) is 0 Å². The first-order valence-corrected chi connectivity index (χ1v) is 6.32. The molecule has 10 nitrogen and oxygen atoms in total. The second kappa shape index (κ2) is 7.63. The van der Waals surface area contributed by atoms with E-state index in [9.17, 15) is 30.0 Å². The summed E-state index contributed by atoms with van der Waals surface area (Å²) in [6.07, 6.45) is -11.0. The van der Waals surface area contributed by atoms with Crippen LogP contribution in [0.15, 0.2) is 11.8 Å². The van der Waals surface area contributed by atoms with Gasteiger partial charge in [0.2, 0.25) is 12.0 Å². The van der Waals surface area contributed by atoms with Crippen molar-refractivity contribution < 1.29 is 49.7 Å². The second-order valence-corrected chi connectivity index (χ2v) is 4.76. The minimum absolute atomic E-state index is 0.0808. The number of carbonyl (C=O) groups excluding carboxylic acids is 1. The predicted octanol–water partition coefficient (Wildman–Crippen LogP) is -3.28. The molecule has 1 heterocycles. The summed E-state index contributed by atoms with van der Waals surface area (Å²) in [5.41, 5.74) is 0. The third kappa shape index (κ3) is 4.22. The fourth-order valence-electron chi connectivity index (χ4n) is 1.71. The van der Waals surface area contributed by atoms with Gasteiger partial charge in [-0.3, -0.25) is 0 Å². The van der Waals surface area contributed by atoms with Crippen molar-refractivity contribution in [1.82, 2.24) is 0 Å². The lowest BCUT2D eigenvalue weighted by Gasteiger charge is -2.34. The minimum Gasteiger partial charge on any atom is -0.475 e. The highest BCUT2D eigenvalue weighted by Crippen LogP contribution is 2.21. The molecule has 0 radical (unpaired) electrons. The van der Waals surface area contributed by atoms with Crippen molar-refractivity contribution in [1.29, 1.82) is 0 Å². The lowest BCUT2D eigenvalue weighted by molar-refractivity contribution is -0.240. The zero-order valence-corrected chi connectivity index (χ0v) is 11.5. The smallest absolute Gasteiger partial charge is 0.371 e. The maximum Gasteiger partial charge on any atom is 0.371 e. The van der Waals surface area contributed by atoms with Gasteiger partial charge in [0.25, 0.3) is 0 Å². The summed E-state index contributed by atoms with van der Waals surface area (Å²) in [6, 6.07) is 0. The number of aliphatic hydroxyl groups is 5. The number of aliphatic hydroxyl groups excluding tert-OH is 5. The minimum atomic E-state index is -1.86. The van der Waals surface area contributed by atoms with Gasteiger partial charge < -0.3 is 44.9 Å². The molecule has 0 amide bonds. The van der Waals surface area contributed by atoms with Gasteiger partial charge in [0.1, 0.15) is 30.5 Å². The van der Waals surface area contributed by atoms with Gasteiger partial charge in [0.15, 0.2) is 6.29 Å². The maximum atomic E-state index is 10.9.